The van der Waals surface area contributed by atoms with Gasteiger partial charge in [0.2, 0.25) is 5.79 Å². The first-order chi connectivity index (χ1) is 33.0. The fraction of sp³-hybridized carbons (Fsp3) is 0.509. The number of amides is 1. The molecule has 0 saturated heterocycles. The molecule has 2 aliphatic carbocycles. The lowest BCUT2D eigenvalue weighted by Gasteiger charge is -2.58. The zero-order valence-electron chi connectivity index (χ0n) is 39.8. The molecule has 0 radical (unpaired) electrons. The third-order valence-corrected chi connectivity index (χ3v) is 15.2. The molecular weight excluding hydrogens is 857 g/mol. The van der Waals surface area contributed by atoms with Crippen molar-refractivity contribution >= 4 is 34.3 Å². The summed E-state index contributed by atoms with van der Waals surface area (Å²) in [5.74, 6) is -0.194. The molecule has 1 fully saturated rings. The van der Waals surface area contributed by atoms with Crippen LogP contribution in [0.15, 0.2) is 125 Å². The predicted octanol–water partition coefficient (Wildman–Crippen LogP) is 13.5. The van der Waals surface area contributed by atoms with Crippen LogP contribution in [-0.2, 0) is 16.2 Å². The van der Waals surface area contributed by atoms with Crippen molar-refractivity contribution in [3.8, 4) is 11.5 Å². The highest BCUT2D eigenvalue weighted by Crippen LogP contribution is 2.63. The highest BCUT2D eigenvalue weighted by molar-refractivity contribution is 8.00. The summed E-state index contributed by atoms with van der Waals surface area (Å²) in [5, 5.41) is 30.1. The Bertz CT molecular complexity index is 2230. The minimum Gasteiger partial charge on any atom is -0.460 e. The molecule has 0 unspecified atom stereocenters. The van der Waals surface area contributed by atoms with Crippen molar-refractivity contribution in [1.29, 1.82) is 0 Å². The first-order valence-electron chi connectivity index (χ1n) is 25.3. The Morgan fingerprint density at radius 3 is 2.30 bits per heavy atom. The van der Waals surface area contributed by atoms with Crippen molar-refractivity contribution in [2.24, 2.45) is 22.9 Å². The van der Waals surface area contributed by atoms with Crippen LogP contribution in [0.3, 0.4) is 0 Å². The molecule has 67 heavy (non-hydrogen) atoms. The highest BCUT2D eigenvalue weighted by Gasteiger charge is 2.64. The fourth-order valence-corrected chi connectivity index (χ4v) is 11.9. The summed E-state index contributed by atoms with van der Waals surface area (Å²) in [6, 6.07) is 30.9. The van der Waals surface area contributed by atoms with Gasteiger partial charge in [0.1, 0.15) is 18.1 Å². The van der Waals surface area contributed by atoms with E-state index in [-0.39, 0.29) is 48.7 Å². The lowest BCUT2D eigenvalue weighted by molar-refractivity contribution is -0.223. The number of aliphatic hydroxyl groups excluding tert-OH is 2. The van der Waals surface area contributed by atoms with Gasteiger partial charge in [0.15, 0.2) is 0 Å². The number of nitrogens with zero attached hydrogens (tertiary/aromatic N) is 1. The molecule has 7 rings (SSSR count). The second-order valence-corrected chi connectivity index (χ2v) is 19.9. The summed E-state index contributed by atoms with van der Waals surface area (Å²) >= 11 is 1.74. The summed E-state index contributed by atoms with van der Waals surface area (Å²) in [7, 11) is 0. The van der Waals surface area contributed by atoms with Crippen LogP contribution >= 0.6 is 11.8 Å². The number of allylic oxidation sites excluding steroid dienone is 1. The standard InChI is InChI=1S/C57H74N2O7S/c1-3-5-6-7-8-9-10-11-12-20-33-58-56(62)65-46-30-32-52-50(39-46)54-48(28-19-22-35-61)45(27-18-21-34-60)38-49-51(59-64-41-42-23-14-13-15-24-42)40-53(57(66-52,55(49)54)63-36-4-2)67-47-31-29-43-25-16-17-26-44(43)37-47/h4,13-17,23-26,29-32,37-39,45,48,53-55,60-61H,2-3,5-12,18-22,27-28,33-36,40-41H2,1H3,(H,58,62)/t45-,48+,53-,54+,55+,57+/m0/s1. The van der Waals surface area contributed by atoms with Gasteiger partial charge in [-0.05, 0) is 96.2 Å². The van der Waals surface area contributed by atoms with Crippen LogP contribution < -0.4 is 14.8 Å². The minimum absolute atomic E-state index is 0.115. The average Bonchev–Trinajstić information content (AvgIpc) is 3.34. The van der Waals surface area contributed by atoms with Gasteiger partial charge < -0.3 is 34.6 Å². The molecular formula is C57H74N2O7S. The van der Waals surface area contributed by atoms with Crippen molar-refractivity contribution in [2.75, 3.05) is 26.4 Å². The molecule has 10 heteroatoms. The molecule has 3 N–H and O–H groups in total. The Hall–Kier alpha value is -4.61. The van der Waals surface area contributed by atoms with Gasteiger partial charge in [-0.25, -0.2) is 4.79 Å². The lowest BCUT2D eigenvalue weighted by Crippen LogP contribution is -2.64. The van der Waals surface area contributed by atoms with Crippen LogP contribution in [0.5, 0.6) is 11.5 Å². The van der Waals surface area contributed by atoms with Crippen molar-refractivity contribution in [3.63, 3.8) is 0 Å². The van der Waals surface area contributed by atoms with E-state index >= 15 is 0 Å². The molecule has 360 valence electrons. The van der Waals surface area contributed by atoms with Crippen molar-refractivity contribution in [1.82, 2.24) is 5.32 Å². The summed E-state index contributed by atoms with van der Waals surface area (Å²) in [5.41, 5.74) is 3.92. The van der Waals surface area contributed by atoms with Gasteiger partial charge in [0, 0.05) is 42.6 Å². The number of hydrogen-bond acceptors (Lipinski definition) is 9. The Labute approximate surface area is 403 Å². The lowest BCUT2D eigenvalue weighted by atomic mass is 9.56. The number of thioether (sulfide) groups is 1. The van der Waals surface area contributed by atoms with Crippen molar-refractivity contribution in [3.05, 3.63) is 126 Å². The molecule has 3 aliphatic rings. The summed E-state index contributed by atoms with van der Waals surface area (Å²) in [6.07, 6.45) is 21.4. The van der Waals surface area contributed by atoms with E-state index in [4.69, 9.17) is 24.2 Å². The number of rotatable bonds is 28. The zero-order chi connectivity index (χ0) is 46.7. The number of fused-ring (bicyclic) bond motifs is 3. The van der Waals surface area contributed by atoms with E-state index in [0.717, 1.165) is 71.2 Å². The second kappa shape index (κ2) is 26.2. The third-order valence-electron chi connectivity index (χ3n) is 13.9. The molecule has 0 aromatic heterocycles. The first-order valence-corrected chi connectivity index (χ1v) is 26.2. The van der Waals surface area contributed by atoms with E-state index in [0.29, 0.717) is 43.9 Å². The summed E-state index contributed by atoms with van der Waals surface area (Å²) in [4.78, 5) is 20.7. The number of carbonyl (C=O) groups excluding carboxylic acids is 1. The molecule has 0 spiro atoms. The highest BCUT2D eigenvalue weighted by atomic mass is 32.2. The Morgan fingerprint density at radius 2 is 1.55 bits per heavy atom. The minimum atomic E-state index is -1.15. The fourth-order valence-electron chi connectivity index (χ4n) is 10.6. The SMILES string of the molecule is C=CCO[C@@]12Oc3ccc(OC(=O)NCCCCCCCCCCCC)cc3[C@H]3[C@H](CCCCO)[C@@H](CCCCO)C=C(C(=NOCc4ccccc4)C[C@@H]1Sc1ccc4ccccc4c1)[C@H]32. The number of benzene rings is 4. The molecule has 0 bridgehead atoms. The van der Waals surface area contributed by atoms with E-state index in [1.807, 2.05) is 48.5 Å². The van der Waals surface area contributed by atoms with Crippen molar-refractivity contribution < 1.29 is 34.1 Å². The number of nitrogens with one attached hydrogen (secondary N) is 1. The van der Waals surface area contributed by atoms with Crippen LogP contribution in [0, 0.1) is 17.8 Å². The van der Waals surface area contributed by atoms with Gasteiger partial charge in [0.25, 0.3) is 0 Å². The van der Waals surface area contributed by atoms with Gasteiger partial charge in [-0.2, -0.15) is 0 Å². The van der Waals surface area contributed by atoms with Gasteiger partial charge in [-0.1, -0.05) is 156 Å². The Kier molecular flexibility index (Phi) is 19.7. The quantitative estimate of drug-likeness (QED) is 0.0293. The van der Waals surface area contributed by atoms with E-state index in [2.05, 4.69) is 67.4 Å². The molecule has 6 atom stereocenters. The third kappa shape index (κ3) is 13.3. The van der Waals surface area contributed by atoms with E-state index in [1.54, 1.807) is 17.8 Å². The van der Waals surface area contributed by atoms with Crippen LogP contribution in [0.25, 0.3) is 10.8 Å². The molecule has 9 nitrogen and oxygen atoms in total. The molecule has 1 aliphatic heterocycles. The maximum atomic E-state index is 13.4. The molecule has 1 saturated carbocycles. The number of unbranched alkanes of at least 4 members (excludes halogenated alkanes) is 11. The topological polar surface area (TPSA) is 119 Å². The van der Waals surface area contributed by atoms with Gasteiger partial charge in [-0.15, -0.1) is 18.3 Å². The summed E-state index contributed by atoms with van der Waals surface area (Å²) in [6.45, 7) is 7.77. The largest absolute Gasteiger partial charge is 0.460 e. The molecule has 4 aromatic carbocycles. The number of carbonyl (C=O) groups is 1. The zero-order valence-corrected chi connectivity index (χ0v) is 40.6. The van der Waals surface area contributed by atoms with E-state index < -0.39 is 11.9 Å². The van der Waals surface area contributed by atoms with Crippen LogP contribution in [0.1, 0.15) is 133 Å². The maximum Gasteiger partial charge on any atom is 0.412 e. The number of aliphatic hydroxyl groups is 2. The first kappa shape index (κ1) is 50.3. The summed E-state index contributed by atoms with van der Waals surface area (Å²) < 4.78 is 20.6. The molecule has 1 heterocycles. The Morgan fingerprint density at radius 1 is 0.836 bits per heavy atom. The van der Waals surface area contributed by atoms with E-state index in [1.165, 1.54) is 56.8 Å². The Balaban J connectivity index is 1.23. The number of ether oxygens (including phenoxy) is 3. The monoisotopic (exact) mass is 931 g/mol. The van der Waals surface area contributed by atoms with E-state index in [9.17, 15) is 15.0 Å². The normalized spacial score (nSPS) is 22.3. The van der Waals surface area contributed by atoms with Crippen LogP contribution in [-0.4, -0.2) is 59.4 Å². The van der Waals surface area contributed by atoms with Gasteiger partial charge >= 0.3 is 6.09 Å². The van der Waals surface area contributed by atoms with Crippen LogP contribution in [0.2, 0.25) is 0 Å². The number of hydrogen-bond donors (Lipinski definition) is 3. The smallest absolute Gasteiger partial charge is 0.412 e. The maximum absolute atomic E-state index is 13.4. The van der Waals surface area contributed by atoms with Crippen LogP contribution in [0.4, 0.5) is 4.79 Å². The van der Waals surface area contributed by atoms with Gasteiger partial charge in [-0.3, -0.25) is 0 Å². The molecule has 1 amide bonds. The van der Waals surface area contributed by atoms with Crippen molar-refractivity contribution in [2.45, 2.75) is 145 Å². The molecule has 4 aromatic rings. The second-order valence-electron chi connectivity index (χ2n) is 18.6. The average molecular weight is 931 g/mol. The van der Waals surface area contributed by atoms with Gasteiger partial charge in [0.05, 0.1) is 23.5 Å². The predicted molar refractivity (Wildman–Crippen MR) is 272 cm³/mol. The number of oxime groups is 1.